The van der Waals surface area contributed by atoms with E-state index in [1.165, 1.54) is 0 Å². The number of nitrogens with two attached hydrogens (primary N) is 1. The molecule has 0 aliphatic carbocycles. The normalized spacial score (nSPS) is 11.0. The van der Waals surface area contributed by atoms with Crippen LogP contribution in [0.5, 0.6) is 0 Å². The van der Waals surface area contributed by atoms with Crippen LogP contribution in [-0.2, 0) is 0 Å². The van der Waals surface area contributed by atoms with Crippen molar-refractivity contribution in [1.82, 2.24) is 4.98 Å². The molecule has 0 radical (unpaired) electrons. The SMILES string of the molecule is C[N+](=O)[O-].Nc1c2ccccc2nc2c1cc(N=Nc1ccccc1)c1ccccc12. The highest BCUT2D eigenvalue weighted by atomic mass is 16.6. The molecule has 0 saturated heterocycles. The minimum absolute atomic E-state index is 0.500. The molecular weight excluding hydrogens is 390 g/mol. The second-order valence-electron chi connectivity index (χ2n) is 6.86. The third-order valence-corrected chi connectivity index (χ3v) is 4.74. The van der Waals surface area contributed by atoms with E-state index in [0.29, 0.717) is 0 Å². The van der Waals surface area contributed by atoms with E-state index in [2.05, 4.69) is 16.3 Å². The zero-order chi connectivity index (χ0) is 21.8. The largest absolute Gasteiger partial charge is 0.398 e. The predicted molar refractivity (Wildman–Crippen MR) is 125 cm³/mol. The van der Waals surface area contributed by atoms with Crippen molar-refractivity contribution in [1.29, 1.82) is 0 Å². The highest BCUT2D eigenvalue weighted by Crippen LogP contribution is 2.38. The number of rotatable bonds is 2. The van der Waals surface area contributed by atoms with Crippen LogP contribution in [0.4, 0.5) is 17.1 Å². The molecule has 0 atom stereocenters. The summed E-state index contributed by atoms with van der Waals surface area (Å²) in [6, 6.07) is 27.7. The summed E-state index contributed by atoms with van der Waals surface area (Å²) in [5.41, 5.74) is 10.6. The third kappa shape index (κ3) is 4.16. The summed E-state index contributed by atoms with van der Waals surface area (Å²) >= 11 is 0. The molecule has 0 spiro atoms. The average Bonchev–Trinajstić information content (AvgIpc) is 2.78. The van der Waals surface area contributed by atoms with Crippen molar-refractivity contribution in [2.45, 2.75) is 0 Å². The summed E-state index contributed by atoms with van der Waals surface area (Å²) in [5.74, 6) is 0. The Balaban J connectivity index is 0.000000535. The van der Waals surface area contributed by atoms with Gasteiger partial charge in [-0.05, 0) is 24.3 Å². The van der Waals surface area contributed by atoms with Crippen molar-refractivity contribution in [3.63, 3.8) is 0 Å². The average molecular weight is 409 g/mol. The molecule has 1 heterocycles. The van der Waals surface area contributed by atoms with E-state index in [4.69, 9.17) is 20.8 Å². The molecule has 0 unspecified atom stereocenters. The van der Waals surface area contributed by atoms with Crippen molar-refractivity contribution in [2.24, 2.45) is 10.2 Å². The minimum Gasteiger partial charge on any atom is -0.398 e. The maximum Gasteiger partial charge on any atom is 0.194 e. The van der Waals surface area contributed by atoms with Gasteiger partial charge < -0.3 is 5.73 Å². The Labute approximate surface area is 178 Å². The van der Waals surface area contributed by atoms with E-state index in [1.54, 1.807) is 0 Å². The molecule has 0 saturated carbocycles. The fourth-order valence-corrected chi connectivity index (χ4v) is 3.42. The van der Waals surface area contributed by atoms with Crippen LogP contribution in [0.1, 0.15) is 0 Å². The van der Waals surface area contributed by atoms with Gasteiger partial charge in [-0.1, -0.05) is 60.7 Å². The van der Waals surface area contributed by atoms with Gasteiger partial charge >= 0.3 is 0 Å². The number of fused-ring (bicyclic) bond motifs is 4. The molecule has 0 aliphatic heterocycles. The molecule has 0 fully saturated rings. The van der Waals surface area contributed by atoms with Gasteiger partial charge in [0, 0.05) is 26.5 Å². The van der Waals surface area contributed by atoms with Crippen molar-refractivity contribution in [2.75, 3.05) is 12.8 Å². The second kappa shape index (κ2) is 8.54. The molecule has 2 N–H and O–H groups in total. The zero-order valence-electron chi connectivity index (χ0n) is 16.8. The molecule has 0 aliphatic rings. The number of hydrogen-bond donors (Lipinski definition) is 1. The van der Waals surface area contributed by atoms with Crippen molar-refractivity contribution < 1.29 is 4.92 Å². The summed E-state index contributed by atoms with van der Waals surface area (Å²) in [4.78, 5) is 13.2. The van der Waals surface area contributed by atoms with Crippen LogP contribution in [-0.4, -0.2) is 17.0 Å². The molecule has 4 aromatic carbocycles. The number of azo groups is 1. The number of nitrogen functional groups attached to an aromatic ring is 1. The van der Waals surface area contributed by atoms with Gasteiger partial charge in [0.2, 0.25) is 0 Å². The van der Waals surface area contributed by atoms with Crippen LogP contribution in [0.3, 0.4) is 0 Å². The number of nitrogens with zero attached hydrogens (tertiary/aromatic N) is 4. The Morgan fingerprint density at radius 2 is 1.39 bits per heavy atom. The fraction of sp³-hybridized carbons (Fsp3) is 0.0417. The quantitative estimate of drug-likeness (QED) is 0.119. The lowest BCUT2D eigenvalue weighted by atomic mass is 10.0. The zero-order valence-corrected chi connectivity index (χ0v) is 16.8. The van der Waals surface area contributed by atoms with Gasteiger partial charge in [-0.15, -0.1) is 5.11 Å². The molecule has 7 nitrogen and oxygen atoms in total. The Morgan fingerprint density at radius 3 is 2.10 bits per heavy atom. The van der Waals surface area contributed by atoms with Crippen LogP contribution < -0.4 is 5.73 Å². The molecule has 7 heteroatoms. The Morgan fingerprint density at radius 1 is 0.806 bits per heavy atom. The monoisotopic (exact) mass is 409 g/mol. The number of aromatic nitrogens is 1. The highest BCUT2D eigenvalue weighted by molar-refractivity contribution is 6.18. The van der Waals surface area contributed by atoms with Crippen LogP contribution in [0.25, 0.3) is 32.6 Å². The van der Waals surface area contributed by atoms with Crippen LogP contribution in [0, 0.1) is 10.1 Å². The van der Waals surface area contributed by atoms with Crippen molar-refractivity contribution >= 4 is 49.6 Å². The van der Waals surface area contributed by atoms with Crippen LogP contribution >= 0.6 is 0 Å². The molecule has 0 bridgehead atoms. The van der Waals surface area contributed by atoms with Gasteiger partial charge in [0.25, 0.3) is 0 Å². The Bertz CT molecular complexity index is 1430. The van der Waals surface area contributed by atoms with E-state index in [9.17, 15) is 0 Å². The number of hydrogen-bond acceptors (Lipinski definition) is 6. The maximum absolute atomic E-state index is 8.81. The molecular formula is C24H19N5O2. The standard InChI is InChI=1S/C23H16N4.CH3NO2/c24-22-18-12-6-7-13-20(18)25-23-17-11-5-4-10-16(17)21(14-19(22)23)27-26-15-8-2-1-3-9-15;1-2(3)4/h1-14H,(H2,24,25);1H3. The van der Waals surface area contributed by atoms with E-state index in [1.807, 2.05) is 78.9 Å². The summed E-state index contributed by atoms with van der Waals surface area (Å²) in [6.07, 6.45) is 0. The van der Waals surface area contributed by atoms with Gasteiger partial charge in [-0.25, -0.2) is 4.98 Å². The van der Waals surface area contributed by atoms with Gasteiger partial charge in [0.05, 0.1) is 28.1 Å². The van der Waals surface area contributed by atoms with Crippen molar-refractivity contribution in [3.05, 3.63) is 95.0 Å². The first-order chi connectivity index (χ1) is 15.0. The first kappa shape index (κ1) is 19.9. The first-order valence-corrected chi connectivity index (χ1v) is 9.59. The first-order valence-electron chi connectivity index (χ1n) is 9.59. The van der Waals surface area contributed by atoms with Gasteiger partial charge in [0.1, 0.15) is 0 Å². The lowest BCUT2D eigenvalue weighted by molar-refractivity contribution is -0.445. The van der Waals surface area contributed by atoms with Crippen molar-refractivity contribution in [3.8, 4) is 0 Å². The number of pyridine rings is 1. The van der Waals surface area contributed by atoms with E-state index < -0.39 is 4.92 Å². The minimum atomic E-state index is -0.500. The summed E-state index contributed by atoms with van der Waals surface area (Å²) in [6.45, 7) is 0. The maximum atomic E-state index is 8.81. The lowest BCUT2D eigenvalue weighted by Crippen LogP contribution is -1.93. The molecule has 5 aromatic rings. The lowest BCUT2D eigenvalue weighted by Gasteiger charge is -2.11. The topological polar surface area (TPSA) is 107 Å². The van der Waals surface area contributed by atoms with Gasteiger partial charge in [-0.2, -0.15) is 5.11 Å². The van der Waals surface area contributed by atoms with E-state index in [0.717, 1.165) is 56.7 Å². The van der Waals surface area contributed by atoms with Gasteiger partial charge in [0.15, 0.2) is 7.05 Å². The van der Waals surface area contributed by atoms with E-state index >= 15 is 0 Å². The molecule has 152 valence electrons. The third-order valence-electron chi connectivity index (χ3n) is 4.74. The van der Waals surface area contributed by atoms with E-state index in [-0.39, 0.29) is 0 Å². The molecule has 0 amide bonds. The number of benzene rings is 4. The highest BCUT2D eigenvalue weighted by Gasteiger charge is 2.12. The second-order valence-corrected chi connectivity index (χ2v) is 6.86. The smallest absolute Gasteiger partial charge is 0.194 e. The number of nitro groups is 1. The number of para-hydroxylation sites is 1. The molecule has 1 aromatic heterocycles. The Hall–Kier alpha value is -4.39. The Kier molecular flexibility index (Phi) is 5.49. The molecule has 5 rings (SSSR count). The molecule has 31 heavy (non-hydrogen) atoms. The predicted octanol–water partition coefficient (Wildman–Crippen LogP) is 6.43. The summed E-state index contributed by atoms with van der Waals surface area (Å²) in [7, 11) is 0.889. The van der Waals surface area contributed by atoms with Gasteiger partial charge in [-0.3, -0.25) is 10.1 Å². The van der Waals surface area contributed by atoms with Crippen LogP contribution in [0.2, 0.25) is 0 Å². The van der Waals surface area contributed by atoms with Crippen LogP contribution in [0.15, 0.2) is 95.2 Å². The fourth-order valence-electron chi connectivity index (χ4n) is 3.42. The summed E-state index contributed by atoms with van der Waals surface area (Å²) < 4.78 is 0. The summed E-state index contributed by atoms with van der Waals surface area (Å²) in [5, 5.41) is 21.6. The number of anilines is 1.